The number of hydrogen-bond donors (Lipinski definition) is 2. The summed E-state index contributed by atoms with van der Waals surface area (Å²) in [5, 5.41) is 14.3. The third kappa shape index (κ3) is 7.02. The number of rotatable bonds is 9. The molecule has 7 heteroatoms. The zero-order valence-electron chi connectivity index (χ0n) is 24.8. The van der Waals surface area contributed by atoms with Crippen molar-refractivity contribution >= 4 is 17.5 Å². The van der Waals surface area contributed by atoms with Gasteiger partial charge in [-0.2, -0.15) is 0 Å². The Labute approximate surface area is 242 Å². The number of allylic oxidation sites excluding steroid dienone is 1. The number of carbonyl (C=O) groups is 1. The van der Waals surface area contributed by atoms with Crippen molar-refractivity contribution in [1.29, 1.82) is 0 Å². The largest absolute Gasteiger partial charge is 0.506 e. The van der Waals surface area contributed by atoms with Gasteiger partial charge in [-0.25, -0.2) is 9.18 Å². The van der Waals surface area contributed by atoms with Crippen molar-refractivity contribution in [2.45, 2.75) is 67.0 Å². The number of halogens is 1. The van der Waals surface area contributed by atoms with Crippen LogP contribution in [-0.2, 0) is 11.3 Å². The molecule has 1 unspecified atom stereocenters. The van der Waals surface area contributed by atoms with Gasteiger partial charge in [-0.05, 0) is 60.1 Å². The van der Waals surface area contributed by atoms with Crippen molar-refractivity contribution in [2.75, 3.05) is 16.8 Å². The lowest BCUT2D eigenvalue weighted by molar-refractivity contribution is 0.138. The molecule has 218 valence electrons. The second kappa shape index (κ2) is 12.7. The van der Waals surface area contributed by atoms with E-state index in [1.54, 1.807) is 30.3 Å². The maximum absolute atomic E-state index is 16.1. The highest BCUT2D eigenvalue weighted by Gasteiger charge is 2.38. The molecule has 0 saturated heterocycles. The lowest BCUT2D eigenvalue weighted by Gasteiger charge is -2.32. The highest BCUT2D eigenvalue weighted by molar-refractivity contribution is 5.96. The summed E-state index contributed by atoms with van der Waals surface area (Å²) in [6.45, 7) is 12.8. The molecule has 0 saturated carbocycles. The van der Waals surface area contributed by atoms with Gasteiger partial charge in [0.2, 0.25) is 0 Å². The van der Waals surface area contributed by atoms with Crippen LogP contribution < -0.4 is 15.0 Å². The summed E-state index contributed by atoms with van der Waals surface area (Å²) in [4.78, 5) is 15.2. The van der Waals surface area contributed by atoms with Gasteiger partial charge in [0.05, 0.1) is 18.3 Å². The fraction of sp³-hybridized carbons (Fsp3) is 0.382. The first-order valence-electron chi connectivity index (χ1n) is 14.2. The number of hydrogen-bond acceptors (Lipinski definition) is 5. The number of anilines is 2. The quantitative estimate of drug-likeness (QED) is 0.256. The normalized spacial score (nSPS) is 15.3. The zero-order chi connectivity index (χ0) is 29.7. The molecule has 6 nitrogen and oxygen atoms in total. The Morgan fingerprint density at radius 1 is 1.10 bits per heavy atom. The molecule has 0 fully saturated rings. The number of phenolic OH excluding ortho intramolecular Hbond substituents is 1. The van der Waals surface area contributed by atoms with Gasteiger partial charge in [-0.3, -0.25) is 4.90 Å². The van der Waals surface area contributed by atoms with Crippen LogP contribution in [0.5, 0.6) is 11.5 Å². The van der Waals surface area contributed by atoms with Gasteiger partial charge in [0.25, 0.3) is 0 Å². The molecule has 0 aromatic heterocycles. The number of carbonyl (C=O) groups excluding carboxylic acids is 1. The maximum atomic E-state index is 16.1. The Bertz CT molecular complexity index is 1400. The molecule has 1 atom stereocenters. The third-order valence-corrected chi connectivity index (χ3v) is 7.56. The van der Waals surface area contributed by atoms with E-state index in [2.05, 4.69) is 26.1 Å². The van der Waals surface area contributed by atoms with Crippen LogP contribution >= 0.6 is 0 Å². The van der Waals surface area contributed by atoms with E-state index >= 15 is 4.39 Å². The molecule has 41 heavy (non-hydrogen) atoms. The van der Waals surface area contributed by atoms with E-state index in [0.717, 1.165) is 23.3 Å². The van der Waals surface area contributed by atoms with E-state index in [1.165, 1.54) is 11.0 Å². The number of fused-ring (bicyclic) bond motifs is 1. The van der Waals surface area contributed by atoms with Gasteiger partial charge in [-0.15, -0.1) is 0 Å². The van der Waals surface area contributed by atoms with Crippen LogP contribution in [-0.4, -0.2) is 17.8 Å². The highest BCUT2D eigenvalue weighted by atomic mass is 19.1. The third-order valence-electron chi connectivity index (χ3n) is 7.56. The van der Waals surface area contributed by atoms with Crippen molar-refractivity contribution in [3.63, 3.8) is 0 Å². The van der Waals surface area contributed by atoms with Crippen LogP contribution in [0, 0.1) is 17.2 Å². The van der Waals surface area contributed by atoms with Crippen molar-refractivity contribution in [3.05, 3.63) is 94.9 Å². The Kier molecular flexibility index (Phi) is 9.26. The molecular formula is C34H41FN2O4. The molecule has 1 heterocycles. The minimum atomic E-state index is -0.823. The lowest BCUT2D eigenvalue weighted by atomic mass is 9.83. The Balaban J connectivity index is 1.83. The number of benzene rings is 3. The van der Waals surface area contributed by atoms with Crippen LogP contribution in [0.1, 0.15) is 71.6 Å². The molecule has 0 bridgehead atoms. The minimum Gasteiger partial charge on any atom is -0.506 e. The second-order valence-electron chi connectivity index (χ2n) is 11.9. The molecule has 0 spiro atoms. The van der Waals surface area contributed by atoms with Crippen LogP contribution in [0.4, 0.5) is 20.6 Å². The predicted octanol–water partition coefficient (Wildman–Crippen LogP) is 8.98. The topological polar surface area (TPSA) is 71.0 Å². The van der Waals surface area contributed by atoms with Crippen LogP contribution in [0.15, 0.2) is 78.0 Å². The molecule has 0 aliphatic carbocycles. The molecular weight excluding hydrogens is 519 g/mol. The summed E-state index contributed by atoms with van der Waals surface area (Å²) in [6.07, 6.45) is 0.927. The van der Waals surface area contributed by atoms with E-state index in [0.29, 0.717) is 35.7 Å². The predicted molar refractivity (Wildman–Crippen MR) is 162 cm³/mol. The number of phenols is 1. The van der Waals surface area contributed by atoms with E-state index in [4.69, 9.17) is 9.47 Å². The first kappa shape index (κ1) is 30.0. The fourth-order valence-corrected chi connectivity index (χ4v) is 4.84. The van der Waals surface area contributed by atoms with Crippen molar-refractivity contribution in [3.8, 4) is 11.5 Å². The fourth-order valence-electron chi connectivity index (χ4n) is 4.84. The minimum absolute atomic E-state index is 0.00505. The highest BCUT2D eigenvalue weighted by Crippen LogP contribution is 2.48. The van der Waals surface area contributed by atoms with Gasteiger partial charge >= 0.3 is 6.09 Å². The summed E-state index contributed by atoms with van der Waals surface area (Å²) >= 11 is 0. The van der Waals surface area contributed by atoms with E-state index in [9.17, 15) is 9.90 Å². The van der Waals surface area contributed by atoms with Crippen LogP contribution in [0.3, 0.4) is 0 Å². The van der Waals surface area contributed by atoms with Crippen molar-refractivity contribution < 1.29 is 23.8 Å². The van der Waals surface area contributed by atoms with E-state index in [-0.39, 0.29) is 23.7 Å². The summed E-state index contributed by atoms with van der Waals surface area (Å²) in [5.41, 5.74) is 3.59. The summed E-state index contributed by atoms with van der Waals surface area (Å²) < 4.78 is 27.6. The standard InChI is InChI=1S/C34H41FN2O4/c1-7-34(5,6)19-28-23(4)32(26-17-16-25(18-27(26)35)40-21-24-12-9-8-10-13-24)37(33(39)41-20-22(2)3)29-14-11-15-30(38)31(29)36-28/h8-18,22,32,36,38H,7,19-21H2,1-6H3. The second-order valence-corrected chi connectivity index (χ2v) is 11.9. The van der Waals surface area contributed by atoms with Gasteiger partial charge in [0.15, 0.2) is 0 Å². The zero-order valence-corrected chi connectivity index (χ0v) is 24.8. The lowest BCUT2D eigenvalue weighted by Crippen LogP contribution is -2.37. The number of ether oxygens (including phenoxy) is 2. The number of aromatic hydroxyl groups is 1. The number of nitrogens with one attached hydrogen (secondary N) is 1. The van der Waals surface area contributed by atoms with Crippen LogP contribution in [0.2, 0.25) is 0 Å². The SMILES string of the molecule is CCC(C)(C)CC1=C(C)C(c2ccc(OCc3ccccc3)cc2F)N(C(=O)OCC(C)C)c2cccc(O)c2N1. The average Bonchev–Trinajstić information content (AvgIpc) is 3.06. The molecule has 2 N–H and O–H groups in total. The summed E-state index contributed by atoms with van der Waals surface area (Å²) in [6, 6.07) is 18.6. The van der Waals surface area contributed by atoms with E-state index in [1.807, 2.05) is 51.1 Å². The average molecular weight is 561 g/mol. The smallest absolute Gasteiger partial charge is 0.415 e. The maximum Gasteiger partial charge on any atom is 0.415 e. The Morgan fingerprint density at radius 3 is 2.49 bits per heavy atom. The number of nitrogens with zero attached hydrogens (tertiary/aromatic N) is 1. The van der Waals surface area contributed by atoms with Crippen LogP contribution in [0.25, 0.3) is 0 Å². The molecule has 1 amide bonds. The molecule has 1 aliphatic heterocycles. The summed E-state index contributed by atoms with van der Waals surface area (Å²) in [7, 11) is 0. The molecule has 4 rings (SSSR count). The monoisotopic (exact) mass is 560 g/mol. The molecule has 3 aromatic rings. The van der Waals surface area contributed by atoms with Crippen molar-refractivity contribution in [1.82, 2.24) is 0 Å². The van der Waals surface area contributed by atoms with E-state index < -0.39 is 18.0 Å². The molecule has 3 aromatic carbocycles. The molecule has 1 aliphatic rings. The number of para-hydroxylation sites is 1. The van der Waals surface area contributed by atoms with Gasteiger partial charge < -0.3 is 19.9 Å². The van der Waals surface area contributed by atoms with Gasteiger partial charge in [0, 0.05) is 17.3 Å². The summed E-state index contributed by atoms with van der Waals surface area (Å²) in [5.74, 6) is -0.00175. The van der Waals surface area contributed by atoms with Crippen molar-refractivity contribution in [2.24, 2.45) is 11.3 Å². The van der Waals surface area contributed by atoms with Gasteiger partial charge in [0.1, 0.15) is 29.6 Å². The first-order chi connectivity index (χ1) is 19.5. The first-order valence-corrected chi connectivity index (χ1v) is 14.2. The Hall–Kier alpha value is -4.00. The van der Waals surface area contributed by atoms with Gasteiger partial charge in [-0.1, -0.05) is 77.4 Å². The molecule has 0 radical (unpaired) electrons. The number of amides is 1. The Morgan fingerprint density at radius 2 is 1.83 bits per heavy atom.